The summed E-state index contributed by atoms with van der Waals surface area (Å²) in [5.74, 6) is 0.527. The van der Waals surface area contributed by atoms with Gasteiger partial charge in [-0.05, 0) is 54.4 Å². The van der Waals surface area contributed by atoms with Crippen LogP contribution in [0, 0.1) is 6.92 Å². The number of rotatable bonds is 2. The number of hydrogen-bond donors (Lipinski definition) is 0. The van der Waals surface area contributed by atoms with Crippen molar-refractivity contribution in [3.63, 3.8) is 0 Å². The number of carbonyl (C=O) groups excluding carboxylic acids is 1. The molecule has 4 nitrogen and oxygen atoms in total. The molecule has 0 atom stereocenters. The fourth-order valence-corrected chi connectivity index (χ4v) is 3.58. The van der Waals surface area contributed by atoms with Gasteiger partial charge in [-0.25, -0.2) is 4.98 Å². The highest BCUT2D eigenvalue weighted by molar-refractivity contribution is 6.31. The molecule has 1 amide bonds. The molecule has 0 fully saturated rings. The van der Waals surface area contributed by atoms with Gasteiger partial charge >= 0.3 is 0 Å². The number of halogens is 1. The molecule has 1 aliphatic rings. The van der Waals surface area contributed by atoms with E-state index in [9.17, 15) is 4.79 Å². The van der Waals surface area contributed by atoms with Crippen molar-refractivity contribution >= 4 is 34.3 Å². The Kier molecular flexibility index (Phi) is 3.55. The Bertz CT molecular complexity index is 1210. The number of nitrogens with zero attached hydrogens (tertiary/aromatic N) is 2. The zero-order chi connectivity index (χ0) is 18.5. The predicted octanol–water partition coefficient (Wildman–Crippen LogP) is 5.62. The lowest BCUT2D eigenvalue weighted by Crippen LogP contribution is -2.22. The summed E-state index contributed by atoms with van der Waals surface area (Å²) in [5.41, 5.74) is 5.83. The summed E-state index contributed by atoms with van der Waals surface area (Å²) >= 11 is 6.22. The number of anilines is 1. The van der Waals surface area contributed by atoms with E-state index in [0.717, 1.165) is 27.9 Å². The second-order valence-corrected chi connectivity index (χ2v) is 7.09. The van der Waals surface area contributed by atoms with E-state index in [1.807, 2.05) is 67.6 Å². The third-order valence-electron chi connectivity index (χ3n) is 4.92. The number of hydrogen-bond acceptors (Lipinski definition) is 3. The molecule has 132 valence electrons. The van der Waals surface area contributed by atoms with Crippen molar-refractivity contribution in [2.75, 3.05) is 4.90 Å². The zero-order valence-corrected chi connectivity index (χ0v) is 15.3. The molecule has 27 heavy (non-hydrogen) atoms. The van der Waals surface area contributed by atoms with Gasteiger partial charge in [0.05, 0.1) is 6.54 Å². The summed E-state index contributed by atoms with van der Waals surface area (Å²) in [6.07, 6.45) is 0. The predicted molar refractivity (Wildman–Crippen MR) is 106 cm³/mol. The molecule has 0 radical (unpaired) electrons. The van der Waals surface area contributed by atoms with Crippen LogP contribution in [-0.2, 0) is 6.54 Å². The molecular formula is C22H15ClN2O2. The number of aromatic nitrogens is 1. The summed E-state index contributed by atoms with van der Waals surface area (Å²) in [6, 6.07) is 19.1. The molecule has 0 N–H and O–H groups in total. The lowest BCUT2D eigenvalue weighted by molar-refractivity contribution is 0.0996. The van der Waals surface area contributed by atoms with Gasteiger partial charge in [0.15, 0.2) is 5.58 Å². The Morgan fingerprint density at radius 2 is 1.93 bits per heavy atom. The first-order valence-electron chi connectivity index (χ1n) is 8.67. The number of carbonyl (C=O) groups is 1. The van der Waals surface area contributed by atoms with Crippen LogP contribution in [-0.4, -0.2) is 10.9 Å². The largest absolute Gasteiger partial charge is 0.436 e. The minimum atomic E-state index is 0.0129. The van der Waals surface area contributed by atoms with Gasteiger partial charge in [0.2, 0.25) is 5.89 Å². The Hall–Kier alpha value is -3.11. The van der Waals surface area contributed by atoms with E-state index in [0.29, 0.717) is 28.6 Å². The summed E-state index contributed by atoms with van der Waals surface area (Å²) in [7, 11) is 0. The van der Waals surface area contributed by atoms with E-state index >= 15 is 0 Å². The number of oxazole rings is 1. The van der Waals surface area contributed by atoms with Gasteiger partial charge in [0.1, 0.15) is 5.52 Å². The Balaban J connectivity index is 1.53. The monoisotopic (exact) mass is 374 g/mol. The van der Waals surface area contributed by atoms with Crippen LogP contribution < -0.4 is 4.90 Å². The lowest BCUT2D eigenvalue weighted by atomic mass is 10.1. The first-order chi connectivity index (χ1) is 13.1. The van der Waals surface area contributed by atoms with Crippen molar-refractivity contribution in [2.45, 2.75) is 13.5 Å². The van der Waals surface area contributed by atoms with E-state index in [1.165, 1.54) is 0 Å². The van der Waals surface area contributed by atoms with Crippen LogP contribution in [0.15, 0.2) is 65.1 Å². The number of amides is 1. The highest BCUT2D eigenvalue weighted by Crippen LogP contribution is 2.32. The van der Waals surface area contributed by atoms with Gasteiger partial charge in [-0.3, -0.25) is 4.79 Å². The average molecular weight is 375 g/mol. The van der Waals surface area contributed by atoms with Crippen LogP contribution in [0.1, 0.15) is 21.5 Å². The average Bonchev–Trinajstić information content (AvgIpc) is 3.25. The van der Waals surface area contributed by atoms with E-state index < -0.39 is 0 Å². The van der Waals surface area contributed by atoms with Crippen molar-refractivity contribution in [1.82, 2.24) is 4.98 Å². The van der Waals surface area contributed by atoms with E-state index in [2.05, 4.69) is 4.98 Å². The van der Waals surface area contributed by atoms with E-state index in [4.69, 9.17) is 16.0 Å². The van der Waals surface area contributed by atoms with Gasteiger partial charge in [0.25, 0.3) is 5.91 Å². The highest BCUT2D eigenvalue weighted by Gasteiger charge is 2.28. The van der Waals surface area contributed by atoms with Crippen molar-refractivity contribution in [3.8, 4) is 11.5 Å². The minimum Gasteiger partial charge on any atom is -0.436 e. The zero-order valence-electron chi connectivity index (χ0n) is 14.6. The van der Waals surface area contributed by atoms with Gasteiger partial charge in [-0.2, -0.15) is 0 Å². The maximum Gasteiger partial charge on any atom is 0.258 e. The van der Waals surface area contributed by atoms with Crippen molar-refractivity contribution < 1.29 is 9.21 Å². The second kappa shape index (κ2) is 5.96. The molecule has 0 saturated heterocycles. The Labute approximate surface area is 161 Å². The van der Waals surface area contributed by atoms with Gasteiger partial charge in [0, 0.05) is 21.8 Å². The summed E-state index contributed by atoms with van der Waals surface area (Å²) in [5, 5.41) is 0.677. The Morgan fingerprint density at radius 3 is 2.74 bits per heavy atom. The van der Waals surface area contributed by atoms with Crippen molar-refractivity contribution in [3.05, 3.63) is 82.4 Å². The highest BCUT2D eigenvalue weighted by atomic mass is 35.5. The molecule has 0 spiro atoms. The van der Waals surface area contributed by atoms with Crippen LogP contribution in [0.5, 0.6) is 0 Å². The van der Waals surface area contributed by atoms with Crippen LogP contribution in [0.2, 0.25) is 5.02 Å². The van der Waals surface area contributed by atoms with Crippen molar-refractivity contribution in [1.29, 1.82) is 0 Å². The van der Waals surface area contributed by atoms with Gasteiger partial charge in [-0.15, -0.1) is 0 Å². The topological polar surface area (TPSA) is 46.3 Å². The van der Waals surface area contributed by atoms with Crippen LogP contribution >= 0.6 is 11.6 Å². The second-order valence-electron chi connectivity index (χ2n) is 6.68. The number of fused-ring (bicyclic) bond motifs is 2. The standard InChI is InChI=1S/C22H15ClN2O2/c1-13-6-7-14(10-18(13)23)21-24-19-11-16(8-9-20(19)27-21)25-12-15-4-2-3-5-17(15)22(25)26/h2-11H,12H2,1H3. The van der Waals surface area contributed by atoms with E-state index in [1.54, 1.807) is 4.90 Å². The van der Waals surface area contributed by atoms with Crippen LogP contribution in [0.25, 0.3) is 22.6 Å². The molecule has 0 unspecified atom stereocenters. The molecule has 0 bridgehead atoms. The molecule has 5 heteroatoms. The summed E-state index contributed by atoms with van der Waals surface area (Å²) in [4.78, 5) is 19.1. The third kappa shape index (κ3) is 2.61. The first-order valence-corrected chi connectivity index (χ1v) is 9.05. The van der Waals surface area contributed by atoms with E-state index in [-0.39, 0.29) is 5.91 Å². The molecule has 5 rings (SSSR count). The molecular weight excluding hydrogens is 360 g/mol. The van der Waals surface area contributed by atoms with Crippen LogP contribution in [0.3, 0.4) is 0 Å². The Morgan fingerprint density at radius 1 is 1.07 bits per heavy atom. The smallest absolute Gasteiger partial charge is 0.258 e. The van der Waals surface area contributed by atoms with Gasteiger partial charge < -0.3 is 9.32 Å². The molecule has 1 aromatic heterocycles. The van der Waals surface area contributed by atoms with Crippen molar-refractivity contribution in [2.24, 2.45) is 0 Å². The minimum absolute atomic E-state index is 0.0129. The SMILES string of the molecule is Cc1ccc(-c2nc3cc(N4Cc5ccccc5C4=O)ccc3o2)cc1Cl. The maximum atomic E-state index is 12.7. The molecule has 0 saturated carbocycles. The summed E-state index contributed by atoms with van der Waals surface area (Å²) < 4.78 is 5.88. The first kappa shape index (κ1) is 16.1. The quantitative estimate of drug-likeness (QED) is 0.457. The lowest BCUT2D eigenvalue weighted by Gasteiger charge is -2.15. The molecule has 4 aromatic rings. The molecule has 3 aromatic carbocycles. The fourth-order valence-electron chi connectivity index (χ4n) is 3.40. The number of aryl methyl sites for hydroxylation is 1. The summed E-state index contributed by atoms with van der Waals surface area (Å²) in [6.45, 7) is 2.52. The number of benzene rings is 3. The third-order valence-corrected chi connectivity index (χ3v) is 5.33. The van der Waals surface area contributed by atoms with Gasteiger partial charge in [-0.1, -0.05) is 35.9 Å². The molecule has 2 heterocycles. The normalized spacial score (nSPS) is 13.4. The molecule has 0 aliphatic carbocycles. The van der Waals surface area contributed by atoms with Crippen LogP contribution in [0.4, 0.5) is 5.69 Å². The fraction of sp³-hybridized carbons (Fsp3) is 0.0909. The maximum absolute atomic E-state index is 12.7. The molecule has 1 aliphatic heterocycles.